The number of hydrogen-bond donors (Lipinski definition) is 4. The number of carbonyl (C=O) groups is 2. The van der Waals surface area contributed by atoms with Gasteiger partial charge in [0.2, 0.25) is 5.91 Å². The third kappa shape index (κ3) is 3.00. The van der Waals surface area contributed by atoms with Crippen molar-refractivity contribution in [2.45, 2.75) is 12.5 Å². The molecule has 0 fully saturated rings. The molecular formula is C4H9N3O3. The maximum absolute atomic E-state index is 10.3. The molecule has 0 aromatic carbocycles. The minimum atomic E-state index is -1.22. The van der Waals surface area contributed by atoms with Crippen LogP contribution < -0.4 is 17.0 Å². The highest BCUT2D eigenvalue weighted by Gasteiger charge is 2.14. The highest BCUT2D eigenvalue weighted by molar-refractivity contribution is 5.83. The van der Waals surface area contributed by atoms with Crippen molar-refractivity contribution in [2.75, 3.05) is 0 Å². The summed E-state index contributed by atoms with van der Waals surface area (Å²) in [6.07, 6.45) is -0.300. The molecule has 0 aromatic heterocycles. The number of nitrogens with one attached hydrogen (secondary N) is 1. The highest BCUT2D eigenvalue weighted by atomic mass is 16.4. The molecule has 0 rings (SSSR count). The van der Waals surface area contributed by atoms with Crippen molar-refractivity contribution < 1.29 is 14.7 Å². The normalized spacial score (nSPS) is 12.2. The second-order valence-corrected chi connectivity index (χ2v) is 1.72. The van der Waals surface area contributed by atoms with Gasteiger partial charge in [0.15, 0.2) is 0 Å². The standard InChI is InChI=1S/C4H9N3O3/c5-2(4(9)10)1-3(8)7-6/h2H,1,5-6H2,(H,7,8)(H,9,10)/t2-/m0/s1. The monoisotopic (exact) mass is 147 g/mol. The smallest absolute Gasteiger partial charge is 0.321 e. The van der Waals surface area contributed by atoms with Crippen LogP contribution in [0, 0.1) is 0 Å². The van der Waals surface area contributed by atoms with Gasteiger partial charge in [0.05, 0.1) is 6.42 Å². The van der Waals surface area contributed by atoms with Crippen molar-refractivity contribution in [1.29, 1.82) is 0 Å². The molecule has 6 heteroatoms. The molecule has 0 saturated heterocycles. The van der Waals surface area contributed by atoms with Crippen LogP contribution in [0.5, 0.6) is 0 Å². The minimum Gasteiger partial charge on any atom is -0.480 e. The third-order valence-electron chi connectivity index (χ3n) is 0.883. The molecule has 0 saturated carbocycles. The summed E-state index contributed by atoms with van der Waals surface area (Å²) in [6, 6.07) is -1.18. The van der Waals surface area contributed by atoms with Crippen LogP contribution in [0.2, 0.25) is 0 Å². The summed E-state index contributed by atoms with van der Waals surface area (Å²) in [5.74, 6) is 2.87. The molecule has 10 heavy (non-hydrogen) atoms. The van der Waals surface area contributed by atoms with E-state index in [1.807, 2.05) is 0 Å². The van der Waals surface area contributed by atoms with Gasteiger partial charge in [0.1, 0.15) is 6.04 Å². The summed E-state index contributed by atoms with van der Waals surface area (Å²) in [4.78, 5) is 20.4. The summed E-state index contributed by atoms with van der Waals surface area (Å²) in [5, 5.41) is 8.18. The summed E-state index contributed by atoms with van der Waals surface area (Å²) >= 11 is 0. The Morgan fingerprint density at radius 1 is 1.60 bits per heavy atom. The van der Waals surface area contributed by atoms with E-state index >= 15 is 0 Å². The molecule has 0 aliphatic heterocycles. The molecular weight excluding hydrogens is 138 g/mol. The van der Waals surface area contributed by atoms with Gasteiger partial charge in [-0.15, -0.1) is 0 Å². The number of hydrogen-bond acceptors (Lipinski definition) is 4. The lowest BCUT2D eigenvalue weighted by molar-refractivity contribution is -0.140. The third-order valence-corrected chi connectivity index (χ3v) is 0.883. The average molecular weight is 147 g/mol. The van der Waals surface area contributed by atoms with E-state index in [1.165, 1.54) is 0 Å². The largest absolute Gasteiger partial charge is 0.480 e. The minimum absolute atomic E-state index is 0.300. The van der Waals surface area contributed by atoms with Crippen LogP contribution in [0.4, 0.5) is 0 Å². The van der Waals surface area contributed by atoms with E-state index in [-0.39, 0.29) is 6.42 Å². The van der Waals surface area contributed by atoms with E-state index in [2.05, 4.69) is 5.84 Å². The SMILES string of the molecule is NNC(=O)C[C@H](N)C(=O)O. The Balaban J connectivity index is 3.68. The van der Waals surface area contributed by atoms with Crippen molar-refractivity contribution in [1.82, 2.24) is 5.43 Å². The molecule has 0 unspecified atom stereocenters. The van der Waals surface area contributed by atoms with Gasteiger partial charge >= 0.3 is 5.97 Å². The van der Waals surface area contributed by atoms with Crippen molar-refractivity contribution in [3.05, 3.63) is 0 Å². The second-order valence-electron chi connectivity index (χ2n) is 1.72. The van der Waals surface area contributed by atoms with Crippen LogP contribution in [0.25, 0.3) is 0 Å². The zero-order valence-electron chi connectivity index (χ0n) is 5.20. The Morgan fingerprint density at radius 2 is 2.10 bits per heavy atom. The topological polar surface area (TPSA) is 118 Å². The first-order valence-corrected chi connectivity index (χ1v) is 2.55. The number of carbonyl (C=O) groups excluding carboxylic acids is 1. The van der Waals surface area contributed by atoms with E-state index in [0.717, 1.165) is 0 Å². The van der Waals surface area contributed by atoms with Gasteiger partial charge in [-0.05, 0) is 0 Å². The van der Waals surface area contributed by atoms with E-state index in [4.69, 9.17) is 10.8 Å². The molecule has 6 N–H and O–H groups in total. The van der Waals surface area contributed by atoms with Gasteiger partial charge in [-0.3, -0.25) is 15.0 Å². The summed E-state index contributed by atoms with van der Waals surface area (Å²) in [5.41, 5.74) is 6.75. The molecule has 0 spiro atoms. The van der Waals surface area contributed by atoms with Gasteiger partial charge < -0.3 is 10.8 Å². The quantitative estimate of drug-likeness (QED) is 0.205. The predicted molar refractivity (Wildman–Crippen MR) is 32.6 cm³/mol. The van der Waals surface area contributed by atoms with Crippen molar-refractivity contribution in [2.24, 2.45) is 11.6 Å². The Hall–Kier alpha value is -1.14. The van der Waals surface area contributed by atoms with Gasteiger partial charge in [-0.2, -0.15) is 0 Å². The molecule has 0 aliphatic carbocycles. The number of rotatable bonds is 3. The van der Waals surface area contributed by atoms with E-state index in [1.54, 1.807) is 5.43 Å². The molecule has 0 aromatic rings. The first-order chi connectivity index (χ1) is 4.57. The first kappa shape index (κ1) is 8.86. The van der Waals surface area contributed by atoms with Crippen LogP contribution in [-0.4, -0.2) is 23.0 Å². The Kier molecular flexibility index (Phi) is 3.37. The average Bonchev–Trinajstić information content (AvgIpc) is 1.87. The number of aliphatic carboxylic acids is 1. The van der Waals surface area contributed by atoms with E-state index in [0.29, 0.717) is 0 Å². The molecule has 1 atom stereocenters. The molecule has 6 nitrogen and oxygen atoms in total. The molecule has 1 amide bonds. The van der Waals surface area contributed by atoms with Crippen LogP contribution in [0.1, 0.15) is 6.42 Å². The number of nitrogens with two attached hydrogens (primary N) is 2. The molecule has 58 valence electrons. The lowest BCUT2D eigenvalue weighted by atomic mass is 10.2. The van der Waals surface area contributed by atoms with E-state index < -0.39 is 17.9 Å². The van der Waals surface area contributed by atoms with Crippen LogP contribution in [0.3, 0.4) is 0 Å². The van der Waals surface area contributed by atoms with Gasteiger partial charge in [-0.1, -0.05) is 0 Å². The van der Waals surface area contributed by atoms with Gasteiger partial charge in [0, 0.05) is 0 Å². The number of amides is 1. The summed E-state index contributed by atoms with van der Waals surface area (Å²) in [6.45, 7) is 0. The second kappa shape index (κ2) is 3.80. The Bertz CT molecular complexity index is 147. The Labute approximate surface area is 57.2 Å². The summed E-state index contributed by atoms with van der Waals surface area (Å²) in [7, 11) is 0. The van der Waals surface area contributed by atoms with Crippen molar-refractivity contribution >= 4 is 11.9 Å². The molecule has 0 radical (unpaired) electrons. The van der Waals surface area contributed by atoms with Crippen molar-refractivity contribution in [3.8, 4) is 0 Å². The molecule has 0 heterocycles. The fourth-order valence-corrected chi connectivity index (χ4v) is 0.346. The van der Waals surface area contributed by atoms with Crippen LogP contribution in [0.15, 0.2) is 0 Å². The van der Waals surface area contributed by atoms with Crippen molar-refractivity contribution in [3.63, 3.8) is 0 Å². The van der Waals surface area contributed by atoms with Crippen LogP contribution in [-0.2, 0) is 9.59 Å². The lowest BCUT2D eigenvalue weighted by Gasteiger charge is -2.02. The number of carboxylic acids is 1. The zero-order valence-corrected chi connectivity index (χ0v) is 5.20. The number of hydrazine groups is 1. The first-order valence-electron chi connectivity index (χ1n) is 2.55. The maximum atomic E-state index is 10.3. The fourth-order valence-electron chi connectivity index (χ4n) is 0.346. The van der Waals surface area contributed by atoms with Gasteiger partial charge in [0.25, 0.3) is 0 Å². The van der Waals surface area contributed by atoms with E-state index in [9.17, 15) is 9.59 Å². The summed E-state index contributed by atoms with van der Waals surface area (Å²) < 4.78 is 0. The lowest BCUT2D eigenvalue weighted by Crippen LogP contribution is -2.39. The van der Waals surface area contributed by atoms with Gasteiger partial charge in [-0.25, -0.2) is 5.84 Å². The maximum Gasteiger partial charge on any atom is 0.321 e. The molecule has 0 bridgehead atoms. The predicted octanol–water partition coefficient (Wildman–Crippen LogP) is -2.22. The fraction of sp³-hybridized carbons (Fsp3) is 0.500. The number of carboxylic acid groups (broad SMARTS) is 1. The molecule has 0 aliphatic rings. The highest BCUT2D eigenvalue weighted by Crippen LogP contribution is 1.85. The van der Waals surface area contributed by atoms with Crippen LogP contribution >= 0.6 is 0 Å². The Morgan fingerprint density at radius 3 is 2.40 bits per heavy atom. The zero-order chi connectivity index (χ0) is 8.15.